The molecule has 0 atom stereocenters. The second-order valence-corrected chi connectivity index (χ2v) is 5.40. The Bertz CT molecular complexity index is 479. The molecule has 0 spiro atoms. The molecule has 1 aliphatic heterocycles. The first kappa shape index (κ1) is 16.0. The van der Waals surface area contributed by atoms with E-state index in [2.05, 4.69) is 10.6 Å². The molecular formula is C14H20ClN3O3. The minimum atomic E-state index is -0.462. The maximum Gasteiger partial charge on any atom is 0.310 e. The fourth-order valence-corrected chi connectivity index (χ4v) is 2.59. The summed E-state index contributed by atoms with van der Waals surface area (Å²) in [7, 11) is 0. The lowest BCUT2D eigenvalue weighted by atomic mass is 10.1. The quantitative estimate of drug-likeness (QED) is 0.460. The third-order valence-electron chi connectivity index (χ3n) is 3.45. The molecule has 6 nitrogen and oxygen atoms in total. The normalized spacial score (nSPS) is 15.9. The predicted molar refractivity (Wildman–Crippen MR) is 83.1 cm³/mol. The highest BCUT2D eigenvalue weighted by Gasteiger charge is 2.18. The van der Waals surface area contributed by atoms with Gasteiger partial charge in [-0.25, -0.2) is 0 Å². The average Bonchev–Trinajstić information content (AvgIpc) is 2.47. The first-order valence-electron chi connectivity index (χ1n) is 7.17. The monoisotopic (exact) mass is 313 g/mol. The van der Waals surface area contributed by atoms with Crippen LogP contribution in [0, 0.1) is 10.1 Å². The van der Waals surface area contributed by atoms with Crippen molar-refractivity contribution < 1.29 is 9.66 Å². The molecule has 7 heteroatoms. The van der Waals surface area contributed by atoms with Gasteiger partial charge in [-0.15, -0.1) is 0 Å². The summed E-state index contributed by atoms with van der Waals surface area (Å²) < 4.78 is 5.78. The van der Waals surface area contributed by atoms with Crippen LogP contribution in [0.15, 0.2) is 18.2 Å². The number of hydrogen-bond donors (Lipinski definition) is 2. The molecule has 1 aromatic rings. The summed E-state index contributed by atoms with van der Waals surface area (Å²) in [6, 6.07) is 4.88. The van der Waals surface area contributed by atoms with Crippen LogP contribution < -0.4 is 10.6 Å². The van der Waals surface area contributed by atoms with Crippen molar-refractivity contribution >= 4 is 23.0 Å². The van der Waals surface area contributed by atoms with Crippen molar-refractivity contribution in [2.24, 2.45) is 0 Å². The number of benzene rings is 1. The largest absolute Gasteiger partial charge is 0.379 e. The summed E-state index contributed by atoms with van der Waals surface area (Å²) in [5.74, 6) is 0. The Kier molecular flexibility index (Phi) is 6.22. The number of nitrogens with zero attached hydrogens (tertiary/aromatic N) is 1. The van der Waals surface area contributed by atoms with E-state index < -0.39 is 4.92 Å². The summed E-state index contributed by atoms with van der Waals surface area (Å²) in [4.78, 5) is 10.5. The molecule has 1 saturated heterocycles. The number of nitro benzene ring substituents is 1. The van der Waals surface area contributed by atoms with E-state index in [9.17, 15) is 10.1 Å². The molecule has 0 saturated carbocycles. The number of para-hydroxylation sites is 1. The van der Waals surface area contributed by atoms with Crippen LogP contribution in [0.3, 0.4) is 0 Å². The maximum atomic E-state index is 11.0. The van der Waals surface area contributed by atoms with Gasteiger partial charge in [0.05, 0.1) is 11.0 Å². The van der Waals surface area contributed by atoms with Gasteiger partial charge in [0.25, 0.3) is 0 Å². The third-order valence-corrected chi connectivity index (χ3v) is 3.75. The van der Waals surface area contributed by atoms with Crippen molar-refractivity contribution in [3.63, 3.8) is 0 Å². The van der Waals surface area contributed by atoms with E-state index in [1.807, 2.05) is 0 Å². The zero-order valence-electron chi connectivity index (χ0n) is 11.8. The van der Waals surface area contributed by atoms with Gasteiger partial charge in [-0.05, 0) is 44.5 Å². The van der Waals surface area contributed by atoms with Gasteiger partial charge in [-0.2, -0.15) is 0 Å². The minimum absolute atomic E-state index is 0.0709. The highest BCUT2D eigenvalue weighted by atomic mass is 35.5. The van der Waals surface area contributed by atoms with Crippen LogP contribution in [-0.2, 0) is 4.74 Å². The van der Waals surface area contributed by atoms with Crippen molar-refractivity contribution in [1.82, 2.24) is 5.32 Å². The molecule has 1 aromatic carbocycles. The Morgan fingerprint density at radius 2 is 2.19 bits per heavy atom. The summed E-state index contributed by atoms with van der Waals surface area (Å²) in [5.41, 5.74) is 0.382. The number of halogens is 1. The first-order chi connectivity index (χ1) is 10.2. The standard InChI is InChI=1S/C14H20ClN3O3/c15-12-3-1-4-13(14(12)18(19)20)17-7-2-10-21-11-5-8-16-9-6-11/h1,3-4,11,16-17H,2,5-10H2. The summed E-state index contributed by atoms with van der Waals surface area (Å²) in [6.07, 6.45) is 3.24. The lowest BCUT2D eigenvalue weighted by Crippen LogP contribution is -2.32. The van der Waals surface area contributed by atoms with E-state index in [0.717, 1.165) is 32.4 Å². The summed E-state index contributed by atoms with van der Waals surface area (Å²) in [6.45, 7) is 3.30. The first-order valence-corrected chi connectivity index (χ1v) is 7.55. The molecule has 0 aromatic heterocycles. The van der Waals surface area contributed by atoms with Gasteiger partial charge < -0.3 is 15.4 Å². The van der Waals surface area contributed by atoms with Crippen LogP contribution in [0.2, 0.25) is 5.02 Å². The average molecular weight is 314 g/mol. The molecule has 1 heterocycles. The van der Waals surface area contributed by atoms with E-state index in [0.29, 0.717) is 24.9 Å². The fraction of sp³-hybridized carbons (Fsp3) is 0.571. The van der Waals surface area contributed by atoms with Crippen LogP contribution in [0.1, 0.15) is 19.3 Å². The van der Waals surface area contributed by atoms with Crippen molar-refractivity contribution in [3.8, 4) is 0 Å². The molecule has 0 aliphatic carbocycles. The lowest BCUT2D eigenvalue weighted by Gasteiger charge is -2.22. The van der Waals surface area contributed by atoms with Gasteiger partial charge >= 0.3 is 5.69 Å². The zero-order chi connectivity index (χ0) is 15.1. The number of piperidine rings is 1. The van der Waals surface area contributed by atoms with Crippen molar-refractivity contribution in [2.75, 3.05) is 31.6 Å². The molecule has 0 radical (unpaired) electrons. The number of nitro groups is 1. The molecule has 21 heavy (non-hydrogen) atoms. The second-order valence-electron chi connectivity index (χ2n) is 4.99. The molecule has 0 amide bonds. The molecule has 116 valence electrons. The Labute approximate surface area is 129 Å². The van der Waals surface area contributed by atoms with Crippen LogP contribution in [0.25, 0.3) is 0 Å². The van der Waals surface area contributed by atoms with E-state index in [4.69, 9.17) is 16.3 Å². The Morgan fingerprint density at radius 1 is 1.43 bits per heavy atom. The summed E-state index contributed by atoms with van der Waals surface area (Å²) in [5, 5.41) is 17.5. The molecule has 0 unspecified atom stereocenters. The van der Waals surface area contributed by atoms with Gasteiger partial charge in [0.1, 0.15) is 10.7 Å². The number of hydrogen-bond acceptors (Lipinski definition) is 5. The minimum Gasteiger partial charge on any atom is -0.379 e. The smallest absolute Gasteiger partial charge is 0.310 e. The zero-order valence-corrected chi connectivity index (χ0v) is 12.6. The van der Waals surface area contributed by atoms with Crippen LogP contribution in [-0.4, -0.2) is 37.3 Å². The highest BCUT2D eigenvalue weighted by molar-refractivity contribution is 6.33. The van der Waals surface area contributed by atoms with Crippen molar-refractivity contribution in [1.29, 1.82) is 0 Å². The van der Waals surface area contributed by atoms with Crippen LogP contribution >= 0.6 is 11.6 Å². The molecule has 1 aliphatic rings. The molecule has 0 bridgehead atoms. The fourth-order valence-electron chi connectivity index (χ4n) is 2.35. The van der Waals surface area contributed by atoms with E-state index in [1.165, 1.54) is 6.07 Å². The van der Waals surface area contributed by atoms with E-state index >= 15 is 0 Å². The van der Waals surface area contributed by atoms with E-state index in [-0.39, 0.29) is 10.7 Å². The molecule has 2 rings (SSSR count). The number of ether oxygens (including phenoxy) is 1. The van der Waals surface area contributed by atoms with Crippen LogP contribution in [0.5, 0.6) is 0 Å². The topological polar surface area (TPSA) is 76.4 Å². The summed E-state index contributed by atoms with van der Waals surface area (Å²) >= 11 is 5.85. The lowest BCUT2D eigenvalue weighted by molar-refractivity contribution is -0.383. The van der Waals surface area contributed by atoms with Gasteiger partial charge in [-0.3, -0.25) is 10.1 Å². The van der Waals surface area contributed by atoms with Gasteiger partial charge in [0, 0.05) is 13.2 Å². The molecule has 2 N–H and O–H groups in total. The SMILES string of the molecule is O=[N+]([O-])c1c(Cl)cccc1NCCCOC1CCNCC1. The van der Waals surface area contributed by atoms with Gasteiger partial charge in [0.2, 0.25) is 0 Å². The number of rotatable bonds is 7. The highest BCUT2D eigenvalue weighted by Crippen LogP contribution is 2.32. The van der Waals surface area contributed by atoms with Crippen molar-refractivity contribution in [2.45, 2.75) is 25.4 Å². The molecular weight excluding hydrogens is 294 g/mol. The van der Waals surface area contributed by atoms with Gasteiger partial charge in [-0.1, -0.05) is 17.7 Å². The maximum absolute atomic E-state index is 11.0. The van der Waals surface area contributed by atoms with Crippen LogP contribution in [0.4, 0.5) is 11.4 Å². The van der Waals surface area contributed by atoms with E-state index in [1.54, 1.807) is 12.1 Å². The Morgan fingerprint density at radius 3 is 2.90 bits per heavy atom. The molecule has 1 fully saturated rings. The van der Waals surface area contributed by atoms with Gasteiger partial charge in [0.15, 0.2) is 0 Å². The Balaban J connectivity index is 1.73. The Hall–Kier alpha value is -1.37. The number of nitrogens with one attached hydrogen (secondary N) is 2. The third kappa shape index (κ3) is 4.84. The predicted octanol–water partition coefficient (Wildman–Crippen LogP) is 2.82. The number of anilines is 1. The van der Waals surface area contributed by atoms with Crippen molar-refractivity contribution in [3.05, 3.63) is 33.3 Å². The second kappa shape index (κ2) is 8.17.